The number of benzene rings is 3. The molecule has 0 saturated carbocycles. The lowest BCUT2D eigenvalue weighted by atomic mass is 10.2. The summed E-state index contributed by atoms with van der Waals surface area (Å²) in [4.78, 5) is 16.5. The quantitative estimate of drug-likeness (QED) is 0.441. The highest BCUT2D eigenvalue weighted by atomic mass is 35.5. The van der Waals surface area contributed by atoms with Gasteiger partial charge in [0.25, 0.3) is 0 Å². The van der Waals surface area contributed by atoms with E-state index in [9.17, 15) is 4.79 Å². The summed E-state index contributed by atoms with van der Waals surface area (Å²) in [6, 6.07) is 24.5. The van der Waals surface area contributed by atoms with E-state index in [2.05, 4.69) is 4.99 Å². The van der Waals surface area contributed by atoms with Gasteiger partial charge in [-0.25, -0.2) is 9.79 Å². The molecule has 0 N–H and O–H groups in total. The van der Waals surface area contributed by atoms with Crippen LogP contribution in [0.4, 0.5) is 0 Å². The van der Waals surface area contributed by atoms with Crippen LogP contribution in [0.2, 0.25) is 5.02 Å². The lowest BCUT2D eigenvalue weighted by molar-refractivity contribution is -0.129. The molecule has 1 heterocycles. The molecule has 28 heavy (non-hydrogen) atoms. The van der Waals surface area contributed by atoms with Crippen molar-refractivity contribution in [3.63, 3.8) is 0 Å². The molecule has 138 valence electrons. The zero-order chi connectivity index (χ0) is 19.3. The summed E-state index contributed by atoms with van der Waals surface area (Å²) in [5.74, 6) is 0.406. The van der Waals surface area contributed by atoms with E-state index >= 15 is 0 Å². The van der Waals surface area contributed by atoms with Crippen molar-refractivity contribution in [3.05, 3.63) is 106 Å². The fourth-order valence-corrected chi connectivity index (χ4v) is 2.97. The fourth-order valence-electron chi connectivity index (χ4n) is 2.75. The van der Waals surface area contributed by atoms with Crippen LogP contribution in [0.3, 0.4) is 0 Å². The van der Waals surface area contributed by atoms with Gasteiger partial charge in [0.05, 0.1) is 10.6 Å². The lowest BCUT2D eigenvalue weighted by Gasteiger charge is -2.07. The van der Waals surface area contributed by atoms with Gasteiger partial charge in [-0.1, -0.05) is 66.2 Å². The van der Waals surface area contributed by atoms with Gasteiger partial charge >= 0.3 is 5.97 Å². The normalized spacial score (nSPS) is 14.7. The van der Waals surface area contributed by atoms with Gasteiger partial charge in [0, 0.05) is 0 Å². The molecule has 4 nitrogen and oxygen atoms in total. The summed E-state index contributed by atoms with van der Waals surface area (Å²) in [5, 5.41) is 0.478. The first-order valence-electron chi connectivity index (χ1n) is 8.73. The molecule has 0 bridgehead atoms. The number of esters is 1. The number of ether oxygens (including phenoxy) is 2. The van der Waals surface area contributed by atoms with Gasteiger partial charge < -0.3 is 9.47 Å². The Morgan fingerprint density at radius 3 is 2.57 bits per heavy atom. The maximum absolute atomic E-state index is 12.2. The summed E-state index contributed by atoms with van der Waals surface area (Å²) in [6.07, 6.45) is 1.67. The van der Waals surface area contributed by atoms with Gasteiger partial charge in [0.15, 0.2) is 5.70 Å². The van der Waals surface area contributed by atoms with Crippen LogP contribution < -0.4 is 4.74 Å². The molecule has 0 fully saturated rings. The lowest BCUT2D eigenvalue weighted by Crippen LogP contribution is -2.05. The fraction of sp³-hybridized carbons (Fsp3) is 0.0435. The SMILES string of the molecule is O=C1OC(c2ccccc2Cl)=N/C1=C\c1cccc(OCc2ccccc2)c1. The minimum absolute atomic E-state index is 0.207. The summed E-state index contributed by atoms with van der Waals surface area (Å²) >= 11 is 6.16. The summed E-state index contributed by atoms with van der Waals surface area (Å²) in [5.41, 5.74) is 2.68. The van der Waals surface area contributed by atoms with Crippen LogP contribution in [0.15, 0.2) is 89.6 Å². The van der Waals surface area contributed by atoms with E-state index in [1.54, 1.807) is 24.3 Å². The Hall–Kier alpha value is -3.37. The van der Waals surface area contributed by atoms with Crippen LogP contribution in [-0.4, -0.2) is 11.9 Å². The molecule has 3 aromatic carbocycles. The van der Waals surface area contributed by atoms with E-state index < -0.39 is 5.97 Å². The molecule has 3 aromatic rings. The molecule has 0 saturated heterocycles. The first-order chi connectivity index (χ1) is 13.7. The third kappa shape index (κ3) is 4.13. The largest absolute Gasteiger partial charge is 0.489 e. The molecule has 0 aromatic heterocycles. The number of carbonyl (C=O) groups excluding carboxylic acids is 1. The van der Waals surface area contributed by atoms with Crippen molar-refractivity contribution in [2.45, 2.75) is 6.61 Å². The second kappa shape index (κ2) is 8.11. The third-order valence-electron chi connectivity index (χ3n) is 4.13. The maximum atomic E-state index is 12.2. The molecular formula is C23H16ClNO3. The molecule has 0 unspecified atom stereocenters. The summed E-state index contributed by atoms with van der Waals surface area (Å²) in [7, 11) is 0. The first-order valence-corrected chi connectivity index (χ1v) is 9.11. The number of carbonyl (C=O) groups is 1. The predicted molar refractivity (Wildman–Crippen MR) is 109 cm³/mol. The first kappa shape index (κ1) is 18.0. The van der Waals surface area contributed by atoms with E-state index in [0.717, 1.165) is 11.1 Å². The smallest absolute Gasteiger partial charge is 0.363 e. The van der Waals surface area contributed by atoms with Crippen LogP contribution in [0, 0.1) is 0 Å². The molecular weight excluding hydrogens is 374 g/mol. The monoisotopic (exact) mass is 389 g/mol. The van der Waals surface area contributed by atoms with E-state index in [4.69, 9.17) is 21.1 Å². The van der Waals surface area contributed by atoms with E-state index in [1.807, 2.05) is 60.7 Å². The molecule has 5 heteroatoms. The molecule has 1 aliphatic heterocycles. The van der Waals surface area contributed by atoms with Gasteiger partial charge in [-0.2, -0.15) is 0 Å². The average molecular weight is 390 g/mol. The van der Waals surface area contributed by atoms with Crippen molar-refractivity contribution in [2.75, 3.05) is 0 Å². The molecule has 0 radical (unpaired) electrons. The Labute approximate surface area is 167 Å². The van der Waals surface area contributed by atoms with E-state index in [1.165, 1.54) is 0 Å². The van der Waals surface area contributed by atoms with Crippen molar-refractivity contribution >= 4 is 29.5 Å². The van der Waals surface area contributed by atoms with E-state index in [-0.39, 0.29) is 11.6 Å². The molecule has 0 aliphatic carbocycles. The molecule has 4 rings (SSSR count). The van der Waals surface area contributed by atoms with Crippen LogP contribution >= 0.6 is 11.6 Å². The molecule has 0 amide bonds. The third-order valence-corrected chi connectivity index (χ3v) is 4.46. The molecule has 1 aliphatic rings. The Kier molecular flexibility index (Phi) is 5.22. The second-order valence-corrected chi connectivity index (χ2v) is 6.57. The van der Waals surface area contributed by atoms with Gasteiger partial charge in [-0.3, -0.25) is 0 Å². The summed E-state index contributed by atoms with van der Waals surface area (Å²) < 4.78 is 11.1. The van der Waals surface area contributed by atoms with Gasteiger partial charge in [-0.15, -0.1) is 0 Å². The van der Waals surface area contributed by atoms with Crippen molar-refractivity contribution in [1.82, 2.24) is 0 Å². The van der Waals surface area contributed by atoms with Gasteiger partial charge in [-0.05, 0) is 41.5 Å². The van der Waals surface area contributed by atoms with Gasteiger partial charge in [0.2, 0.25) is 5.90 Å². The maximum Gasteiger partial charge on any atom is 0.363 e. The van der Waals surface area contributed by atoms with Crippen molar-refractivity contribution < 1.29 is 14.3 Å². The minimum Gasteiger partial charge on any atom is -0.489 e. The predicted octanol–water partition coefficient (Wildman–Crippen LogP) is 5.26. The zero-order valence-corrected chi connectivity index (χ0v) is 15.6. The van der Waals surface area contributed by atoms with Crippen LogP contribution in [0.1, 0.15) is 16.7 Å². The van der Waals surface area contributed by atoms with E-state index in [0.29, 0.717) is 22.9 Å². The number of aliphatic imine (C=N–C) groups is 1. The highest BCUT2D eigenvalue weighted by Gasteiger charge is 2.25. The number of nitrogens with zero attached hydrogens (tertiary/aromatic N) is 1. The zero-order valence-electron chi connectivity index (χ0n) is 14.8. The minimum atomic E-state index is -0.509. The van der Waals surface area contributed by atoms with Crippen LogP contribution in [0.25, 0.3) is 6.08 Å². The standard InChI is InChI=1S/C23H16ClNO3/c24-20-12-5-4-11-19(20)22-25-21(23(26)28-22)14-17-9-6-10-18(13-17)27-15-16-7-2-1-3-8-16/h1-14H,15H2/b21-14-. The number of hydrogen-bond donors (Lipinski definition) is 0. The second-order valence-electron chi connectivity index (χ2n) is 6.16. The van der Waals surface area contributed by atoms with Crippen molar-refractivity contribution in [3.8, 4) is 5.75 Å². The highest BCUT2D eigenvalue weighted by molar-refractivity contribution is 6.34. The van der Waals surface area contributed by atoms with Crippen molar-refractivity contribution in [2.24, 2.45) is 4.99 Å². The molecule has 0 spiro atoms. The number of rotatable bonds is 5. The van der Waals surface area contributed by atoms with Crippen LogP contribution in [0.5, 0.6) is 5.75 Å². The summed E-state index contributed by atoms with van der Waals surface area (Å²) in [6.45, 7) is 0.470. The van der Waals surface area contributed by atoms with Crippen LogP contribution in [-0.2, 0) is 16.1 Å². The molecule has 0 atom stereocenters. The average Bonchev–Trinajstić information content (AvgIpc) is 3.08. The Bertz CT molecular complexity index is 1070. The Balaban J connectivity index is 1.54. The number of cyclic esters (lactones) is 1. The number of halogens is 1. The highest BCUT2D eigenvalue weighted by Crippen LogP contribution is 2.24. The number of hydrogen-bond acceptors (Lipinski definition) is 4. The topological polar surface area (TPSA) is 47.9 Å². The Morgan fingerprint density at radius 1 is 0.964 bits per heavy atom. The Morgan fingerprint density at radius 2 is 1.75 bits per heavy atom. The van der Waals surface area contributed by atoms with Gasteiger partial charge in [0.1, 0.15) is 12.4 Å². The van der Waals surface area contributed by atoms with Crippen molar-refractivity contribution in [1.29, 1.82) is 0 Å².